The SMILES string of the molecule is CC/C=C/C(=C\N=C(C)C(C)(C)O)c1ccc2nc(C)c(Cl)c(-c3ccccc3-c3ccccc3)c2c1. The van der Waals surface area contributed by atoms with E-state index in [9.17, 15) is 5.11 Å². The summed E-state index contributed by atoms with van der Waals surface area (Å²) in [6.45, 7) is 9.37. The lowest BCUT2D eigenvalue weighted by Gasteiger charge is -2.17. The molecule has 0 aliphatic heterocycles. The van der Waals surface area contributed by atoms with Gasteiger partial charge in [0.1, 0.15) is 0 Å². The predicted octanol–water partition coefficient (Wildman–Crippen LogP) is 9.07. The van der Waals surface area contributed by atoms with Crippen molar-refractivity contribution >= 4 is 33.8 Å². The highest BCUT2D eigenvalue weighted by molar-refractivity contribution is 6.35. The molecular formula is C33H33ClN2O. The summed E-state index contributed by atoms with van der Waals surface area (Å²) >= 11 is 6.99. The number of halogens is 1. The van der Waals surface area contributed by atoms with Crippen molar-refractivity contribution in [2.45, 2.75) is 46.6 Å². The van der Waals surface area contributed by atoms with Crippen molar-refractivity contribution in [1.29, 1.82) is 0 Å². The number of fused-ring (bicyclic) bond motifs is 1. The molecule has 4 heteroatoms. The number of pyridine rings is 1. The molecule has 4 rings (SSSR count). The maximum Gasteiger partial charge on any atom is 0.0967 e. The Labute approximate surface area is 224 Å². The van der Waals surface area contributed by atoms with Crippen molar-refractivity contribution in [3.05, 3.63) is 107 Å². The van der Waals surface area contributed by atoms with Crippen molar-refractivity contribution in [2.24, 2.45) is 4.99 Å². The van der Waals surface area contributed by atoms with Gasteiger partial charge in [0.2, 0.25) is 0 Å². The first kappa shape index (κ1) is 26.5. The van der Waals surface area contributed by atoms with Gasteiger partial charge < -0.3 is 5.11 Å². The van der Waals surface area contributed by atoms with E-state index in [0.29, 0.717) is 10.7 Å². The van der Waals surface area contributed by atoms with Gasteiger partial charge in [-0.25, -0.2) is 0 Å². The molecule has 1 N–H and O–H groups in total. The first-order valence-electron chi connectivity index (χ1n) is 12.6. The van der Waals surface area contributed by atoms with Crippen LogP contribution < -0.4 is 0 Å². The summed E-state index contributed by atoms with van der Waals surface area (Å²) in [4.78, 5) is 9.39. The van der Waals surface area contributed by atoms with Gasteiger partial charge in [0.15, 0.2) is 0 Å². The van der Waals surface area contributed by atoms with E-state index in [-0.39, 0.29) is 0 Å². The molecule has 4 aromatic rings. The summed E-state index contributed by atoms with van der Waals surface area (Å²) in [7, 11) is 0. The van der Waals surface area contributed by atoms with E-state index in [1.165, 1.54) is 0 Å². The zero-order chi connectivity index (χ0) is 26.6. The van der Waals surface area contributed by atoms with Gasteiger partial charge in [0.25, 0.3) is 0 Å². The van der Waals surface area contributed by atoms with Gasteiger partial charge in [-0.1, -0.05) is 91.3 Å². The van der Waals surface area contributed by atoms with E-state index >= 15 is 0 Å². The molecule has 1 heterocycles. The number of hydrogen-bond donors (Lipinski definition) is 1. The van der Waals surface area contributed by atoms with E-state index in [2.05, 4.69) is 78.7 Å². The van der Waals surface area contributed by atoms with Crippen LogP contribution in [0.25, 0.3) is 38.7 Å². The van der Waals surface area contributed by atoms with Gasteiger partial charge in [-0.15, -0.1) is 0 Å². The molecule has 0 aliphatic carbocycles. The molecule has 0 fully saturated rings. The summed E-state index contributed by atoms with van der Waals surface area (Å²) in [6, 6.07) is 25.0. The van der Waals surface area contributed by atoms with Crippen LogP contribution in [-0.2, 0) is 0 Å². The lowest BCUT2D eigenvalue weighted by Crippen LogP contribution is -2.28. The third-order valence-electron chi connectivity index (χ3n) is 6.52. The summed E-state index contributed by atoms with van der Waals surface area (Å²) in [5.74, 6) is 0. The standard InChI is InChI=1S/C33H33ClN2O/c1-6-7-13-26(21-35-23(3)33(4,5)37)25-18-19-30-29(20-25)31(32(34)22(2)36-30)28-17-12-11-16-27(28)24-14-9-8-10-15-24/h7-21,37H,6H2,1-5H3/b13-7+,26-21+,35-23?. The summed E-state index contributed by atoms with van der Waals surface area (Å²) in [6.07, 6.45) is 6.91. The molecule has 37 heavy (non-hydrogen) atoms. The summed E-state index contributed by atoms with van der Waals surface area (Å²) in [5, 5.41) is 12.0. The molecule has 0 unspecified atom stereocenters. The Kier molecular flexibility index (Phi) is 8.06. The van der Waals surface area contributed by atoms with E-state index in [1.54, 1.807) is 13.8 Å². The quantitative estimate of drug-likeness (QED) is 0.200. The smallest absolute Gasteiger partial charge is 0.0967 e. The number of rotatable bonds is 7. The van der Waals surface area contributed by atoms with Crippen molar-refractivity contribution in [3.8, 4) is 22.3 Å². The van der Waals surface area contributed by atoms with Crippen LogP contribution in [0, 0.1) is 6.92 Å². The Morgan fingerprint density at radius 1 is 1.00 bits per heavy atom. The molecule has 0 bridgehead atoms. The monoisotopic (exact) mass is 508 g/mol. The molecule has 0 saturated heterocycles. The first-order chi connectivity index (χ1) is 17.7. The topological polar surface area (TPSA) is 45.5 Å². The molecule has 1 aromatic heterocycles. The summed E-state index contributed by atoms with van der Waals surface area (Å²) in [5.41, 5.74) is 7.60. The molecule has 3 aromatic carbocycles. The fourth-order valence-corrected chi connectivity index (χ4v) is 4.40. The molecule has 0 atom stereocenters. The van der Waals surface area contributed by atoms with Crippen LogP contribution in [0.2, 0.25) is 5.02 Å². The highest BCUT2D eigenvalue weighted by atomic mass is 35.5. The van der Waals surface area contributed by atoms with Crippen molar-refractivity contribution in [3.63, 3.8) is 0 Å². The van der Waals surface area contributed by atoms with Gasteiger partial charge in [0, 0.05) is 22.9 Å². The Morgan fingerprint density at radius 3 is 2.35 bits per heavy atom. The Morgan fingerprint density at radius 2 is 1.68 bits per heavy atom. The number of aromatic nitrogens is 1. The van der Waals surface area contributed by atoms with Crippen molar-refractivity contribution in [2.75, 3.05) is 0 Å². The highest BCUT2D eigenvalue weighted by Crippen LogP contribution is 2.41. The van der Waals surface area contributed by atoms with Gasteiger partial charge in [-0.3, -0.25) is 9.98 Å². The van der Waals surface area contributed by atoms with Crippen LogP contribution in [0.1, 0.15) is 45.4 Å². The Bertz CT molecular complexity index is 1510. The van der Waals surface area contributed by atoms with Crippen LogP contribution >= 0.6 is 11.6 Å². The normalized spacial score (nSPS) is 13.1. The third-order valence-corrected chi connectivity index (χ3v) is 6.98. The van der Waals surface area contributed by atoms with Crippen molar-refractivity contribution in [1.82, 2.24) is 4.98 Å². The van der Waals surface area contributed by atoms with Crippen molar-refractivity contribution < 1.29 is 5.11 Å². The van der Waals surface area contributed by atoms with Crippen LogP contribution in [0.4, 0.5) is 0 Å². The summed E-state index contributed by atoms with van der Waals surface area (Å²) < 4.78 is 0. The number of benzene rings is 3. The fraction of sp³-hybridized carbons (Fsp3) is 0.212. The molecule has 0 spiro atoms. The third kappa shape index (κ3) is 5.90. The Balaban J connectivity index is 1.98. The van der Waals surface area contributed by atoms with Crippen LogP contribution in [0.15, 0.2) is 96.1 Å². The number of aliphatic hydroxyl groups is 1. The number of allylic oxidation sites excluding steroid dienone is 3. The average Bonchev–Trinajstić information content (AvgIpc) is 2.89. The molecule has 3 nitrogen and oxygen atoms in total. The van der Waals surface area contributed by atoms with Gasteiger partial charge >= 0.3 is 0 Å². The largest absolute Gasteiger partial charge is 0.385 e. The van der Waals surface area contributed by atoms with Crippen LogP contribution in [0.3, 0.4) is 0 Å². The second-order valence-corrected chi connectivity index (χ2v) is 10.1. The molecule has 0 radical (unpaired) electrons. The van der Waals surface area contributed by atoms with Crippen LogP contribution in [0.5, 0.6) is 0 Å². The van der Waals surface area contributed by atoms with Gasteiger partial charge in [-0.2, -0.15) is 0 Å². The zero-order valence-electron chi connectivity index (χ0n) is 22.1. The molecule has 0 aliphatic rings. The van der Waals surface area contributed by atoms with E-state index in [0.717, 1.165) is 56.4 Å². The molecule has 188 valence electrons. The highest BCUT2D eigenvalue weighted by Gasteiger charge is 2.18. The van der Waals surface area contributed by atoms with E-state index in [1.807, 2.05) is 38.2 Å². The second kappa shape index (κ2) is 11.2. The second-order valence-electron chi connectivity index (χ2n) is 9.70. The minimum absolute atomic E-state index is 0.647. The minimum atomic E-state index is -0.983. The number of nitrogens with zero attached hydrogens (tertiary/aromatic N) is 2. The number of hydrogen-bond acceptors (Lipinski definition) is 3. The molecule has 0 amide bonds. The molecular weight excluding hydrogens is 476 g/mol. The maximum atomic E-state index is 10.3. The average molecular weight is 509 g/mol. The fourth-order valence-electron chi connectivity index (χ4n) is 4.16. The maximum absolute atomic E-state index is 10.3. The van der Waals surface area contributed by atoms with Gasteiger partial charge in [-0.05, 0) is 74.1 Å². The van der Waals surface area contributed by atoms with E-state index < -0.39 is 5.60 Å². The van der Waals surface area contributed by atoms with E-state index in [4.69, 9.17) is 16.6 Å². The number of aryl methyl sites for hydroxylation is 1. The lowest BCUT2D eigenvalue weighted by atomic mass is 9.91. The Hall–Kier alpha value is -3.53. The lowest BCUT2D eigenvalue weighted by molar-refractivity contribution is 0.153. The minimum Gasteiger partial charge on any atom is -0.385 e. The zero-order valence-corrected chi connectivity index (χ0v) is 22.8. The first-order valence-corrected chi connectivity index (χ1v) is 13.0. The predicted molar refractivity (Wildman–Crippen MR) is 159 cm³/mol. The van der Waals surface area contributed by atoms with Crippen LogP contribution in [-0.4, -0.2) is 21.4 Å². The van der Waals surface area contributed by atoms with Gasteiger partial charge in [0.05, 0.1) is 21.8 Å². The molecule has 0 saturated carbocycles. The number of aliphatic imine (C=N–C) groups is 1.